The molecule has 0 radical (unpaired) electrons. The van der Waals surface area contributed by atoms with Crippen LogP contribution in [0.4, 0.5) is 13.2 Å². The summed E-state index contributed by atoms with van der Waals surface area (Å²) in [5, 5.41) is 0. The lowest BCUT2D eigenvalue weighted by Gasteiger charge is -2.13. The van der Waals surface area contributed by atoms with E-state index < -0.39 is 33.4 Å². The maximum Gasteiger partial charge on any atom is 0.534 e. The number of nitrogens with zero attached hydrogens (tertiary/aromatic N) is 2. The van der Waals surface area contributed by atoms with Crippen molar-refractivity contribution >= 4 is 16.1 Å². The zero-order chi connectivity index (χ0) is 16.4. The number of hydrogen-bond acceptors (Lipinski definition) is 7. The smallest absolute Gasteiger partial charge is 0.464 e. The fraction of sp³-hybridized carbons (Fsp3) is 0.500. The third kappa shape index (κ3) is 3.80. The predicted molar refractivity (Wildman–Crippen MR) is 63.1 cm³/mol. The Labute approximate surface area is 118 Å². The van der Waals surface area contributed by atoms with Gasteiger partial charge in [0.2, 0.25) is 0 Å². The Kier molecular flexibility index (Phi) is 4.76. The van der Waals surface area contributed by atoms with Crippen LogP contribution in [0.2, 0.25) is 0 Å². The van der Waals surface area contributed by atoms with Crippen molar-refractivity contribution in [3.63, 3.8) is 0 Å². The summed E-state index contributed by atoms with van der Waals surface area (Å²) in [4.78, 5) is 18.4. The number of aromatic nitrogens is 2. The van der Waals surface area contributed by atoms with Crippen LogP contribution in [0.25, 0.3) is 0 Å². The SMILES string of the molecule is COC(=O)c1cnc(OS(=O)(=O)C(F)(F)F)c(C(C)C)n1. The van der Waals surface area contributed by atoms with Crippen molar-refractivity contribution in [3.05, 3.63) is 17.6 Å². The van der Waals surface area contributed by atoms with Crippen LogP contribution < -0.4 is 4.18 Å². The number of carbonyl (C=O) groups is 1. The van der Waals surface area contributed by atoms with Gasteiger partial charge < -0.3 is 8.92 Å². The molecule has 1 aromatic rings. The standard InChI is InChI=1S/C10H11F3N2O5S/c1-5(2)7-8(20-21(17,18)10(11,12)13)14-4-6(15-7)9(16)19-3/h4-5H,1-3H3. The largest absolute Gasteiger partial charge is 0.534 e. The molecule has 0 saturated carbocycles. The molecular weight excluding hydrogens is 317 g/mol. The van der Waals surface area contributed by atoms with Gasteiger partial charge in [0.15, 0.2) is 5.69 Å². The molecule has 0 bridgehead atoms. The fourth-order valence-corrected chi connectivity index (χ4v) is 1.62. The molecule has 0 N–H and O–H groups in total. The number of ether oxygens (including phenoxy) is 1. The Balaban J connectivity index is 3.29. The van der Waals surface area contributed by atoms with Gasteiger partial charge in [-0.15, -0.1) is 0 Å². The van der Waals surface area contributed by atoms with E-state index in [1.54, 1.807) is 0 Å². The quantitative estimate of drug-likeness (QED) is 0.471. The second-order valence-electron chi connectivity index (χ2n) is 4.08. The van der Waals surface area contributed by atoms with Crippen molar-refractivity contribution < 1.29 is 35.3 Å². The predicted octanol–water partition coefficient (Wildman–Crippen LogP) is 1.61. The minimum absolute atomic E-state index is 0.217. The molecule has 0 aliphatic carbocycles. The molecule has 0 saturated heterocycles. The van der Waals surface area contributed by atoms with E-state index in [0.29, 0.717) is 0 Å². The van der Waals surface area contributed by atoms with Crippen molar-refractivity contribution in [1.82, 2.24) is 9.97 Å². The van der Waals surface area contributed by atoms with Crippen LogP contribution in [-0.2, 0) is 14.9 Å². The first kappa shape index (κ1) is 17.1. The maximum atomic E-state index is 12.3. The Bertz CT molecular complexity index is 643. The molecule has 11 heteroatoms. The number of carbonyl (C=O) groups excluding carboxylic acids is 1. The van der Waals surface area contributed by atoms with Crippen LogP contribution in [0.5, 0.6) is 5.88 Å². The topological polar surface area (TPSA) is 95.5 Å². The van der Waals surface area contributed by atoms with Gasteiger partial charge in [0, 0.05) is 5.92 Å². The van der Waals surface area contributed by atoms with Crippen LogP contribution >= 0.6 is 0 Å². The van der Waals surface area contributed by atoms with Gasteiger partial charge >= 0.3 is 21.6 Å². The molecule has 0 fully saturated rings. The summed E-state index contributed by atoms with van der Waals surface area (Å²) in [5.74, 6) is -2.25. The molecule has 1 heterocycles. The monoisotopic (exact) mass is 328 g/mol. The van der Waals surface area contributed by atoms with Crippen molar-refractivity contribution in [2.45, 2.75) is 25.3 Å². The molecule has 21 heavy (non-hydrogen) atoms. The second-order valence-corrected chi connectivity index (χ2v) is 5.61. The van der Waals surface area contributed by atoms with Gasteiger partial charge in [0.25, 0.3) is 5.88 Å². The van der Waals surface area contributed by atoms with E-state index in [9.17, 15) is 26.4 Å². The van der Waals surface area contributed by atoms with E-state index in [2.05, 4.69) is 18.9 Å². The van der Waals surface area contributed by atoms with Crippen LogP contribution in [0.15, 0.2) is 6.20 Å². The molecule has 0 aromatic carbocycles. The summed E-state index contributed by atoms with van der Waals surface area (Å²) < 4.78 is 67.1. The Hall–Kier alpha value is -1.91. The molecular formula is C10H11F3N2O5S. The molecule has 0 atom stereocenters. The lowest BCUT2D eigenvalue weighted by Crippen LogP contribution is -2.29. The van der Waals surface area contributed by atoms with Gasteiger partial charge in [-0.2, -0.15) is 21.6 Å². The second kappa shape index (κ2) is 5.84. The fourth-order valence-electron chi connectivity index (χ4n) is 1.19. The number of esters is 1. The van der Waals surface area contributed by atoms with Crippen LogP contribution in [-0.4, -0.2) is 37.0 Å². The Morgan fingerprint density at radius 2 is 1.90 bits per heavy atom. The van der Waals surface area contributed by atoms with Crippen molar-refractivity contribution in [2.75, 3.05) is 7.11 Å². The van der Waals surface area contributed by atoms with E-state index >= 15 is 0 Å². The zero-order valence-corrected chi connectivity index (χ0v) is 11.9. The average Bonchev–Trinajstić information content (AvgIpc) is 2.36. The molecule has 118 valence electrons. The highest BCUT2D eigenvalue weighted by Gasteiger charge is 2.49. The minimum atomic E-state index is -5.86. The van der Waals surface area contributed by atoms with Gasteiger partial charge in [-0.1, -0.05) is 13.8 Å². The number of hydrogen-bond donors (Lipinski definition) is 0. The third-order valence-electron chi connectivity index (χ3n) is 2.18. The first-order chi connectivity index (χ1) is 9.49. The average molecular weight is 328 g/mol. The maximum absolute atomic E-state index is 12.3. The van der Waals surface area contributed by atoms with Crippen LogP contribution in [0, 0.1) is 0 Å². The number of halogens is 3. The highest BCUT2D eigenvalue weighted by atomic mass is 32.2. The van der Waals surface area contributed by atoms with E-state index in [0.717, 1.165) is 13.3 Å². The molecule has 0 aliphatic heterocycles. The van der Waals surface area contributed by atoms with Gasteiger partial charge in [-0.25, -0.2) is 14.8 Å². The summed E-state index contributed by atoms with van der Waals surface area (Å²) in [7, 11) is -4.78. The Morgan fingerprint density at radius 3 is 2.33 bits per heavy atom. The molecule has 0 spiro atoms. The van der Waals surface area contributed by atoms with E-state index in [1.165, 1.54) is 13.8 Å². The molecule has 1 aromatic heterocycles. The van der Waals surface area contributed by atoms with Gasteiger partial charge in [-0.3, -0.25) is 0 Å². The Morgan fingerprint density at radius 1 is 1.33 bits per heavy atom. The van der Waals surface area contributed by atoms with Gasteiger partial charge in [0.05, 0.1) is 13.3 Å². The van der Waals surface area contributed by atoms with Crippen molar-refractivity contribution in [1.29, 1.82) is 0 Å². The summed E-state index contributed by atoms with van der Waals surface area (Å²) >= 11 is 0. The summed E-state index contributed by atoms with van der Waals surface area (Å²) in [6, 6.07) is 0. The molecule has 0 aliphatic rings. The highest BCUT2D eigenvalue weighted by molar-refractivity contribution is 7.87. The summed E-state index contributed by atoms with van der Waals surface area (Å²) in [6.07, 6.45) is 0.763. The van der Waals surface area contributed by atoms with E-state index in [4.69, 9.17) is 0 Å². The first-order valence-corrected chi connectivity index (χ1v) is 6.86. The number of methoxy groups -OCH3 is 1. The number of rotatable bonds is 4. The van der Waals surface area contributed by atoms with Crippen LogP contribution in [0.3, 0.4) is 0 Å². The van der Waals surface area contributed by atoms with E-state index in [1.807, 2.05) is 0 Å². The molecule has 0 amide bonds. The van der Waals surface area contributed by atoms with E-state index in [-0.39, 0.29) is 11.4 Å². The molecule has 7 nitrogen and oxygen atoms in total. The first-order valence-electron chi connectivity index (χ1n) is 5.45. The lowest BCUT2D eigenvalue weighted by molar-refractivity contribution is -0.0501. The highest BCUT2D eigenvalue weighted by Crippen LogP contribution is 2.29. The zero-order valence-electron chi connectivity index (χ0n) is 11.1. The van der Waals surface area contributed by atoms with Gasteiger partial charge in [-0.05, 0) is 0 Å². The molecule has 1 rings (SSSR count). The third-order valence-corrected chi connectivity index (χ3v) is 3.12. The van der Waals surface area contributed by atoms with Crippen molar-refractivity contribution in [3.8, 4) is 5.88 Å². The normalized spacial score (nSPS) is 12.3. The van der Waals surface area contributed by atoms with Gasteiger partial charge in [0.1, 0.15) is 5.69 Å². The summed E-state index contributed by atoms with van der Waals surface area (Å²) in [6.45, 7) is 3.02. The van der Waals surface area contributed by atoms with Crippen LogP contribution in [0.1, 0.15) is 35.9 Å². The minimum Gasteiger partial charge on any atom is -0.464 e. The van der Waals surface area contributed by atoms with Crippen molar-refractivity contribution in [2.24, 2.45) is 0 Å². The molecule has 0 unspecified atom stereocenters. The number of alkyl halides is 3. The summed E-state index contributed by atoms with van der Waals surface area (Å²) in [5.41, 5.74) is -6.09. The lowest BCUT2D eigenvalue weighted by atomic mass is 10.1.